The smallest absolute Gasteiger partial charge is 0.207 e. The topological polar surface area (TPSA) is 56.8 Å². The van der Waals surface area contributed by atoms with E-state index in [0.29, 0.717) is 50.1 Å². The quantitative estimate of drug-likeness (QED) is 0.318. The summed E-state index contributed by atoms with van der Waals surface area (Å²) in [5.74, 6) is 1.73. The Kier molecular flexibility index (Phi) is 17.8. The second-order valence-electron chi connectivity index (χ2n) is 10.7. The van der Waals surface area contributed by atoms with E-state index in [1.165, 1.54) is 0 Å². The first-order valence-electron chi connectivity index (χ1n) is 11.8. The molecule has 0 fully saturated rings. The van der Waals surface area contributed by atoms with Crippen molar-refractivity contribution >= 4 is 6.41 Å². The number of amides is 1. The summed E-state index contributed by atoms with van der Waals surface area (Å²) < 4.78 is 16.8. The van der Waals surface area contributed by atoms with Gasteiger partial charge in [-0.3, -0.25) is 4.79 Å². The van der Waals surface area contributed by atoms with Crippen LogP contribution in [0.1, 0.15) is 89.0 Å². The summed E-state index contributed by atoms with van der Waals surface area (Å²) in [4.78, 5) is 10.4. The summed E-state index contributed by atoms with van der Waals surface area (Å²) >= 11 is 0. The SMILES string of the molecule is CC(C)COCC(COCC(C)C)NC=O.CCC(C)(C)OCCC(C)(C)C(C)C. The molecule has 0 aromatic heterocycles. The van der Waals surface area contributed by atoms with Gasteiger partial charge < -0.3 is 19.5 Å². The average Bonchev–Trinajstić information content (AvgIpc) is 2.61. The van der Waals surface area contributed by atoms with E-state index in [-0.39, 0.29) is 11.6 Å². The van der Waals surface area contributed by atoms with Gasteiger partial charge in [0.25, 0.3) is 0 Å². The summed E-state index contributed by atoms with van der Waals surface area (Å²) in [6.07, 6.45) is 2.92. The van der Waals surface area contributed by atoms with Crippen LogP contribution < -0.4 is 5.32 Å². The molecule has 0 unspecified atom stereocenters. The fourth-order valence-electron chi connectivity index (χ4n) is 2.11. The van der Waals surface area contributed by atoms with Gasteiger partial charge in [-0.1, -0.05) is 62.3 Å². The Bertz CT molecular complexity index is 392. The van der Waals surface area contributed by atoms with Crippen LogP contribution in [0.25, 0.3) is 0 Å². The minimum Gasteiger partial charge on any atom is -0.379 e. The molecule has 0 bridgehead atoms. The van der Waals surface area contributed by atoms with E-state index in [9.17, 15) is 4.79 Å². The van der Waals surface area contributed by atoms with Gasteiger partial charge in [0.15, 0.2) is 0 Å². The van der Waals surface area contributed by atoms with Crippen LogP contribution >= 0.6 is 0 Å². The molecule has 182 valence electrons. The molecule has 0 rings (SSSR count). The van der Waals surface area contributed by atoms with Crippen molar-refractivity contribution in [2.45, 2.75) is 101 Å². The van der Waals surface area contributed by atoms with Gasteiger partial charge in [0.05, 0.1) is 24.9 Å². The number of carbonyl (C=O) groups is 1. The van der Waals surface area contributed by atoms with Crippen molar-refractivity contribution < 1.29 is 19.0 Å². The van der Waals surface area contributed by atoms with Gasteiger partial charge in [-0.15, -0.1) is 0 Å². The fraction of sp³-hybridized carbons (Fsp3) is 0.960. The molecule has 30 heavy (non-hydrogen) atoms. The highest BCUT2D eigenvalue weighted by molar-refractivity contribution is 5.46. The van der Waals surface area contributed by atoms with Crippen LogP contribution in [0.4, 0.5) is 0 Å². The standard InChI is InChI=1S/C13H28O.C12H25NO3/c1-8-13(6,7)14-10-9-12(4,5)11(2)3;1-10(2)5-15-7-12(13-9-14)8-16-6-11(3)4/h11H,8-10H2,1-7H3;9-12H,5-8H2,1-4H3,(H,13,14). The summed E-state index contributed by atoms with van der Waals surface area (Å²) in [5.41, 5.74) is 0.441. The third kappa shape index (κ3) is 19.3. The van der Waals surface area contributed by atoms with Gasteiger partial charge in [-0.25, -0.2) is 0 Å². The highest BCUT2D eigenvalue weighted by Crippen LogP contribution is 2.30. The number of hydrogen-bond acceptors (Lipinski definition) is 4. The zero-order valence-corrected chi connectivity index (χ0v) is 22.0. The Morgan fingerprint density at radius 1 is 0.833 bits per heavy atom. The zero-order valence-electron chi connectivity index (χ0n) is 22.0. The van der Waals surface area contributed by atoms with Gasteiger partial charge in [-0.05, 0) is 49.9 Å². The van der Waals surface area contributed by atoms with Crippen LogP contribution in [0.3, 0.4) is 0 Å². The van der Waals surface area contributed by atoms with Crippen LogP contribution in [-0.2, 0) is 19.0 Å². The largest absolute Gasteiger partial charge is 0.379 e. The molecule has 0 aromatic rings. The maximum atomic E-state index is 10.4. The maximum Gasteiger partial charge on any atom is 0.207 e. The zero-order chi connectivity index (χ0) is 23.8. The van der Waals surface area contributed by atoms with Crippen LogP contribution in [0.15, 0.2) is 0 Å². The first-order chi connectivity index (χ1) is 13.8. The second kappa shape index (κ2) is 17.0. The molecular formula is C25H53NO4. The summed E-state index contributed by atoms with van der Waals surface area (Å²) in [6.45, 7) is 27.4. The molecule has 0 atom stereocenters. The third-order valence-electron chi connectivity index (χ3n) is 5.50. The van der Waals surface area contributed by atoms with E-state index in [1.54, 1.807) is 0 Å². The maximum absolute atomic E-state index is 10.4. The molecule has 0 aromatic carbocycles. The van der Waals surface area contributed by atoms with E-state index < -0.39 is 0 Å². The van der Waals surface area contributed by atoms with Gasteiger partial charge in [-0.2, -0.15) is 0 Å². The fourth-order valence-corrected chi connectivity index (χ4v) is 2.11. The van der Waals surface area contributed by atoms with Crippen molar-refractivity contribution in [1.82, 2.24) is 5.32 Å². The first kappa shape index (κ1) is 31.5. The summed E-state index contributed by atoms with van der Waals surface area (Å²) in [7, 11) is 0. The molecule has 0 saturated carbocycles. The highest BCUT2D eigenvalue weighted by atomic mass is 16.5. The lowest BCUT2D eigenvalue weighted by Crippen LogP contribution is -2.37. The van der Waals surface area contributed by atoms with Crippen LogP contribution in [0.5, 0.6) is 0 Å². The Morgan fingerprint density at radius 3 is 1.63 bits per heavy atom. The monoisotopic (exact) mass is 431 g/mol. The summed E-state index contributed by atoms with van der Waals surface area (Å²) in [5, 5.41) is 2.70. The predicted octanol–water partition coefficient (Wildman–Crippen LogP) is 5.71. The van der Waals surface area contributed by atoms with Crippen molar-refractivity contribution in [3.63, 3.8) is 0 Å². The predicted molar refractivity (Wildman–Crippen MR) is 128 cm³/mol. The Labute approximate surface area is 188 Å². The Morgan fingerprint density at radius 2 is 1.30 bits per heavy atom. The lowest BCUT2D eigenvalue weighted by molar-refractivity contribution is -0.111. The van der Waals surface area contributed by atoms with E-state index in [4.69, 9.17) is 14.2 Å². The molecular weight excluding hydrogens is 378 g/mol. The van der Waals surface area contributed by atoms with Crippen LogP contribution in [0.2, 0.25) is 0 Å². The van der Waals surface area contributed by atoms with Crippen molar-refractivity contribution in [1.29, 1.82) is 0 Å². The molecule has 0 heterocycles. The number of carbonyl (C=O) groups excluding carboxylic acids is 1. The molecule has 0 spiro atoms. The number of rotatable bonds is 16. The third-order valence-corrected chi connectivity index (χ3v) is 5.50. The van der Waals surface area contributed by atoms with E-state index in [0.717, 1.165) is 25.4 Å². The Balaban J connectivity index is 0. The molecule has 0 radical (unpaired) electrons. The van der Waals surface area contributed by atoms with Gasteiger partial charge in [0.1, 0.15) is 0 Å². The van der Waals surface area contributed by atoms with Gasteiger partial charge in [0, 0.05) is 19.8 Å². The normalized spacial score (nSPS) is 12.5. The van der Waals surface area contributed by atoms with Crippen molar-refractivity contribution in [3.8, 4) is 0 Å². The van der Waals surface area contributed by atoms with E-state index in [1.807, 2.05) is 0 Å². The van der Waals surface area contributed by atoms with Crippen molar-refractivity contribution in [3.05, 3.63) is 0 Å². The highest BCUT2D eigenvalue weighted by Gasteiger charge is 2.23. The lowest BCUT2D eigenvalue weighted by Gasteiger charge is -2.31. The summed E-state index contributed by atoms with van der Waals surface area (Å²) in [6, 6.07) is -0.0463. The first-order valence-corrected chi connectivity index (χ1v) is 11.8. The minimum absolute atomic E-state index is 0.0463. The number of nitrogens with one attached hydrogen (secondary N) is 1. The number of hydrogen-bond donors (Lipinski definition) is 1. The number of ether oxygens (including phenoxy) is 3. The van der Waals surface area contributed by atoms with E-state index in [2.05, 4.69) is 81.5 Å². The molecule has 0 saturated heterocycles. The van der Waals surface area contributed by atoms with Crippen LogP contribution in [0, 0.1) is 23.2 Å². The van der Waals surface area contributed by atoms with Crippen molar-refractivity contribution in [2.24, 2.45) is 23.2 Å². The Hall–Kier alpha value is -0.650. The van der Waals surface area contributed by atoms with Crippen molar-refractivity contribution in [2.75, 3.05) is 33.0 Å². The molecule has 0 aliphatic carbocycles. The molecule has 5 nitrogen and oxygen atoms in total. The van der Waals surface area contributed by atoms with Gasteiger partial charge >= 0.3 is 0 Å². The average molecular weight is 432 g/mol. The second-order valence-corrected chi connectivity index (χ2v) is 10.7. The molecule has 1 N–H and O–H groups in total. The van der Waals surface area contributed by atoms with Gasteiger partial charge in [0.2, 0.25) is 6.41 Å². The molecule has 5 heteroatoms. The van der Waals surface area contributed by atoms with E-state index >= 15 is 0 Å². The molecule has 0 aliphatic rings. The minimum atomic E-state index is -0.0463. The molecule has 1 amide bonds. The van der Waals surface area contributed by atoms with Crippen LogP contribution in [-0.4, -0.2) is 51.1 Å². The molecule has 0 aliphatic heterocycles. The lowest BCUT2D eigenvalue weighted by atomic mass is 9.79.